The van der Waals surface area contributed by atoms with E-state index in [1.54, 1.807) is 11.3 Å². The maximum Gasteiger partial charge on any atom is 0.253 e. The van der Waals surface area contributed by atoms with Crippen LogP contribution in [0.1, 0.15) is 59.6 Å². The number of hydrogen-bond acceptors (Lipinski definition) is 5. The summed E-state index contributed by atoms with van der Waals surface area (Å²) in [7, 11) is 0. The molecule has 0 spiro atoms. The van der Waals surface area contributed by atoms with E-state index in [2.05, 4.69) is 28.1 Å². The van der Waals surface area contributed by atoms with Crippen LogP contribution in [-0.4, -0.2) is 40.3 Å². The van der Waals surface area contributed by atoms with Crippen molar-refractivity contribution >= 4 is 28.5 Å². The summed E-state index contributed by atoms with van der Waals surface area (Å²) in [5.74, 6) is 0.0766. The second kappa shape index (κ2) is 10.7. The van der Waals surface area contributed by atoms with Crippen LogP contribution in [0.4, 0.5) is 5.69 Å². The van der Waals surface area contributed by atoms with Gasteiger partial charge in [-0.2, -0.15) is 0 Å². The first-order valence-electron chi connectivity index (χ1n) is 11.7. The average Bonchev–Trinajstić information content (AvgIpc) is 3.35. The highest BCUT2D eigenvalue weighted by Gasteiger charge is 2.23. The van der Waals surface area contributed by atoms with Crippen molar-refractivity contribution in [2.75, 3.05) is 25.4 Å². The zero-order valence-electron chi connectivity index (χ0n) is 19.5. The fraction of sp³-hybridized carbons (Fsp3) is 0.333. The number of nitrogens with two attached hydrogens (primary N) is 1. The zero-order chi connectivity index (χ0) is 23.2. The standard InChI is InChI=1S/C27H32N4OS/c1-3-30(4-2)27(32)21-13-11-20(12-14-21)26(22-8-7-9-23(28)18-22)24-10-5-6-16-31(24)19-25-29-15-17-33-25/h7-9,11-15,17-18H,3-6,10,16,19,28H2,1-2H3. The zero-order valence-corrected chi connectivity index (χ0v) is 20.3. The number of anilines is 1. The third-order valence-electron chi connectivity index (χ3n) is 6.22. The highest BCUT2D eigenvalue weighted by atomic mass is 32.1. The second-order valence-corrected chi connectivity index (χ2v) is 9.29. The first kappa shape index (κ1) is 23.1. The molecule has 6 heteroatoms. The number of nitrogen functional groups attached to an aromatic ring is 1. The Hall–Kier alpha value is -3.12. The highest BCUT2D eigenvalue weighted by molar-refractivity contribution is 7.09. The van der Waals surface area contributed by atoms with Crippen LogP contribution in [0.15, 0.2) is 65.8 Å². The Morgan fingerprint density at radius 1 is 1.06 bits per heavy atom. The number of piperidine rings is 1. The number of allylic oxidation sites excluding steroid dienone is 1. The molecule has 0 unspecified atom stereocenters. The molecule has 0 aliphatic carbocycles. The van der Waals surface area contributed by atoms with Crippen molar-refractivity contribution < 1.29 is 4.79 Å². The van der Waals surface area contributed by atoms with Gasteiger partial charge < -0.3 is 15.5 Å². The molecule has 172 valence electrons. The Morgan fingerprint density at radius 3 is 2.48 bits per heavy atom. The molecule has 0 saturated carbocycles. The second-order valence-electron chi connectivity index (χ2n) is 8.31. The molecule has 1 aliphatic heterocycles. The van der Waals surface area contributed by atoms with E-state index in [4.69, 9.17) is 5.73 Å². The highest BCUT2D eigenvalue weighted by Crippen LogP contribution is 2.35. The maximum atomic E-state index is 12.8. The molecule has 4 rings (SSSR count). The van der Waals surface area contributed by atoms with E-state index in [9.17, 15) is 4.79 Å². The van der Waals surface area contributed by atoms with Crippen LogP contribution in [0.2, 0.25) is 0 Å². The summed E-state index contributed by atoms with van der Waals surface area (Å²) in [5, 5.41) is 3.16. The van der Waals surface area contributed by atoms with E-state index in [0.29, 0.717) is 13.1 Å². The van der Waals surface area contributed by atoms with Crippen LogP contribution in [0.25, 0.3) is 5.57 Å². The molecule has 5 nitrogen and oxygen atoms in total. The Balaban J connectivity index is 1.77. The van der Waals surface area contributed by atoms with E-state index in [-0.39, 0.29) is 5.91 Å². The monoisotopic (exact) mass is 460 g/mol. The number of carbonyl (C=O) groups excluding carboxylic acids is 1. The Bertz CT molecular complexity index is 1100. The lowest BCUT2D eigenvalue weighted by molar-refractivity contribution is 0.0773. The minimum Gasteiger partial charge on any atom is -0.399 e. The number of nitrogens with zero attached hydrogens (tertiary/aromatic N) is 3. The molecule has 1 aliphatic rings. The van der Waals surface area contributed by atoms with Gasteiger partial charge in [-0.15, -0.1) is 11.3 Å². The fourth-order valence-electron chi connectivity index (χ4n) is 4.51. The van der Waals surface area contributed by atoms with Crippen molar-refractivity contribution in [2.45, 2.75) is 39.7 Å². The van der Waals surface area contributed by atoms with Crippen LogP contribution in [0, 0.1) is 0 Å². The summed E-state index contributed by atoms with van der Waals surface area (Å²) in [6.45, 7) is 7.27. The number of amides is 1. The largest absolute Gasteiger partial charge is 0.399 e. The molecule has 1 amide bonds. The first-order chi connectivity index (χ1) is 16.1. The molecule has 2 heterocycles. The van der Waals surface area contributed by atoms with Gasteiger partial charge in [-0.25, -0.2) is 4.98 Å². The fourth-order valence-corrected chi connectivity index (χ4v) is 5.14. The first-order valence-corrected chi connectivity index (χ1v) is 12.6. The molecule has 33 heavy (non-hydrogen) atoms. The van der Waals surface area contributed by atoms with Crippen LogP contribution < -0.4 is 5.73 Å². The van der Waals surface area contributed by atoms with Crippen LogP contribution in [-0.2, 0) is 6.54 Å². The van der Waals surface area contributed by atoms with Crippen LogP contribution >= 0.6 is 11.3 Å². The molecule has 2 N–H and O–H groups in total. The van der Waals surface area contributed by atoms with Gasteiger partial charge in [0, 0.05) is 53.7 Å². The summed E-state index contributed by atoms with van der Waals surface area (Å²) >= 11 is 1.70. The molecule has 0 radical (unpaired) electrons. The van der Waals surface area contributed by atoms with Gasteiger partial charge >= 0.3 is 0 Å². The predicted octanol–water partition coefficient (Wildman–Crippen LogP) is 5.65. The van der Waals surface area contributed by atoms with Gasteiger partial charge in [0.2, 0.25) is 0 Å². The number of likely N-dealkylation sites (tertiary alicyclic amines) is 1. The topological polar surface area (TPSA) is 62.5 Å². The molecule has 2 aromatic carbocycles. The number of thiazole rings is 1. The molecule has 1 saturated heterocycles. The Kier molecular flexibility index (Phi) is 7.45. The lowest BCUT2D eigenvalue weighted by Crippen LogP contribution is -2.30. The van der Waals surface area contributed by atoms with E-state index in [1.165, 1.54) is 17.7 Å². The normalized spacial score (nSPS) is 15.4. The summed E-state index contributed by atoms with van der Waals surface area (Å²) in [4.78, 5) is 21.7. The lowest BCUT2D eigenvalue weighted by Gasteiger charge is -2.34. The van der Waals surface area contributed by atoms with Crippen molar-refractivity contribution in [3.05, 3.63) is 87.5 Å². The molecule has 0 bridgehead atoms. The quantitative estimate of drug-likeness (QED) is 0.463. The van der Waals surface area contributed by atoms with Crippen molar-refractivity contribution in [3.8, 4) is 0 Å². The van der Waals surface area contributed by atoms with E-state index in [1.807, 2.05) is 60.7 Å². The van der Waals surface area contributed by atoms with Crippen molar-refractivity contribution in [1.29, 1.82) is 0 Å². The molecule has 1 fully saturated rings. The minimum atomic E-state index is 0.0766. The average molecular weight is 461 g/mol. The van der Waals surface area contributed by atoms with Crippen LogP contribution in [0.5, 0.6) is 0 Å². The van der Waals surface area contributed by atoms with Gasteiger partial charge in [-0.05, 0) is 68.5 Å². The van der Waals surface area contributed by atoms with Crippen molar-refractivity contribution in [1.82, 2.24) is 14.8 Å². The smallest absolute Gasteiger partial charge is 0.253 e. The van der Waals surface area contributed by atoms with E-state index in [0.717, 1.165) is 53.3 Å². The summed E-state index contributed by atoms with van der Waals surface area (Å²) in [6, 6.07) is 16.2. The number of benzene rings is 2. The third kappa shape index (κ3) is 5.28. The van der Waals surface area contributed by atoms with Gasteiger partial charge in [-0.1, -0.05) is 24.3 Å². The number of aromatic nitrogens is 1. The Labute approximate surface area is 200 Å². The van der Waals surface area contributed by atoms with Gasteiger partial charge in [0.15, 0.2) is 0 Å². The van der Waals surface area contributed by atoms with E-state index >= 15 is 0 Å². The SMILES string of the molecule is CCN(CC)C(=O)c1ccc(C(=C2CCCCN2Cc2nccs2)c2cccc(N)c2)cc1. The summed E-state index contributed by atoms with van der Waals surface area (Å²) in [5.41, 5.74) is 12.4. The van der Waals surface area contributed by atoms with Gasteiger partial charge in [0.25, 0.3) is 5.91 Å². The molecule has 1 aromatic heterocycles. The molecule has 0 atom stereocenters. The number of hydrogen-bond donors (Lipinski definition) is 1. The van der Waals surface area contributed by atoms with Crippen LogP contribution in [0.3, 0.4) is 0 Å². The van der Waals surface area contributed by atoms with Crippen molar-refractivity contribution in [2.24, 2.45) is 0 Å². The lowest BCUT2D eigenvalue weighted by atomic mass is 9.91. The summed E-state index contributed by atoms with van der Waals surface area (Å²) < 4.78 is 0. The molecule has 3 aromatic rings. The molecular formula is C27H32N4OS. The number of carbonyl (C=O) groups is 1. The number of rotatable bonds is 7. The van der Waals surface area contributed by atoms with Gasteiger partial charge in [0.1, 0.15) is 5.01 Å². The predicted molar refractivity (Wildman–Crippen MR) is 137 cm³/mol. The van der Waals surface area contributed by atoms with E-state index < -0.39 is 0 Å². The van der Waals surface area contributed by atoms with Crippen molar-refractivity contribution in [3.63, 3.8) is 0 Å². The minimum absolute atomic E-state index is 0.0766. The summed E-state index contributed by atoms with van der Waals surface area (Å²) in [6.07, 6.45) is 5.22. The molecular weight excluding hydrogens is 428 g/mol. The van der Waals surface area contributed by atoms with Gasteiger partial charge in [0.05, 0.1) is 6.54 Å². The Morgan fingerprint density at radius 2 is 1.82 bits per heavy atom. The maximum absolute atomic E-state index is 12.8. The third-order valence-corrected chi connectivity index (χ3v) is 6.98. The van der Waals surface area contributed by atoms with Gasteiger partial charge in [-0.3, -0.25) is 4.79 Å².